The average molecular weight is 513 g/mol. The molecule has 0 unspecified atom stereocenters. The first-order valence-electron chi connectivity index (χ1n) is 9.43. The van der Waals surface area contributed by atoms with E-state index in [4.69, 9.17) is 0 Å². The molecule has 1 aromatic rings. The fourth-order valence-corrected chi connectivity index (χ4v) is 2.85. The van der Waals surface area contributed by atoms with E-state index < -0.39 is 12.6 Å². The third-order valence-corrected chi connectivity index (χ3v) is 4.49. The van der Waals surface area contributed by atoms with Gasteiger partial charge in [-0.25, -0.2) is 4.99 Å². The molecule has 5 nitrogen and oxygen atoms in total. The first-order valence-corrected chi connectivity index (χ1v) is 9.43. The number of rotatable bonds is 7. The van der Waals surface area contributed by atoms with Gasteiger partial charge in [-0.1, -0.05) is 24.3 Å². The van der Waals surface area contributed by atoms with E-state index in [1.165, 1.54) is 5.56 Å². The summed E-state index contributed by atoms with van der Waals surface area (Å²) in [7, 11) is 2.15. The van der Waals surface area contributed by atoms with Crippen LogP contribution in [-0.4, -0.2) is 68.3 Å². The molecule has 0 saturated carbocycles. The predicted molar refractivity (Wildman–Crippen MR) is 118 cm³/mol. The maximum Gasteiger partial charge on any atom is 0.390 e. The standard InChI is InChI=1S/C19H30F3N5.HI/c1-3-23-18(24-9-8-19(20,21)22)25-14-16-4-6-17(7-5-16)15-27-12-10-26(2)11-13-27;/h4-7H,3,8-15H2,1-2H3,(H2,23,24,25);1H. The van der Waals surface area contributed by atoms with Crippen molar-refractivity contribution in [2.24, 2.45) is 4.99 Å². The van der Waals surface area contributed by atoms with Gasteiger partial charge in [0.1, 0.15) is 0 Å². The van der Waals surface area contributed by atoms with Crippen LogP contribution in [0.1, 0.15) is 24.5 Å². The number of hydrogen-bond acceptors (Lipinski definition) is 3. The van der Waals surface area contributed by atoms with Gasteiger partial charge in [-0.05, 0) is 25.1 Å². The van der Waals surface area contributed by atoms with Gasteiger partial charge in [-0.2, -0.15) is 13.2 Å². The number of alkyl halides is 3. The molecule has 0 radical (unpaired) electrons. The van der Waals surface area contributed by atoms with Crippen LogP contribution in [0.2, 0.25) is 0 Å². The van der Waals surface area contributed by atoms with Crippen LogP contribution in [0.25, 0.3) is 0 Å². The molecule has 0 bridgehead atoms. The normalized spacial score (nSPS) is 16.5. The number of halogens is 4. The lowest BCUT2D eigenvalue weighted by Crippen LogP contribution is -2.43. The fraction of sp³-hybridized carbons (Fsp3) is 0.632. The van der Waals surface area contributed by atoms with Gasteiger partial charge in [0.25, 0.3) is 0 Å². The van der Waals surface area contributed by atoms with E-state index in [0.717, 1.165) is 38.3 Å². The van der Waals surface area contributed by atoms with Crippen LogP contribution in [0.4, 0.5) is 13.2 Å². The molecular formula is C19H31F3IN5. The molecule has 2 N–H and O–H groups in total. The molecule has 28 heavy (non-hydrogen) atoms. The highest BCUT2D eigenvalue weighted by Crippen LogP contribution is 2.18. The van der Waals surface area contributed by atoms with E-state index in [2.05, 4.69) is 44.6 Å². The topological polar surface area (TPSA) is 42.9 Å². The Morgan fingerprint density at radius 1 is 1.04 bits per heavy atom. The second kappa shape index (κ2) is 12.5. The Hall–Kier alpha value is -1.07. The molecule has 1 heterocycles. The van der Waals surface area contributed by atoms with Crippen molar-refractivity contribution < 1.29 is 13.2 Å². The Balaban J connectivity index is 0.00000392. The number of guanidine groups is 1. The van der Waals surface area contributed by atoms with E-state index in [0.29, 0.717) is 19.0 Å². The van der Waals surface area contributed by atoms with Crippen molar-refractivity contribution in [3.63, 3.8) is 0 Å². The van der Waals surface area contributed by atoms with Crippen molar-refractivity contribution in [1.29, 1.82) is 0 Å². The zero-order valence-corrected chi connectivity index (χ0v) is 18.9. The van der Waals surface area contributed by atoms with Crippen LogP contribution in [0.3, 0.4) is 0 Å². The van der Waals surface area contributed by atoms with Crippen molar-refractivity contribution in [2.45, 2.75) is 32.6 Å². The molecule has 0 aromatic heterocycles. The predicted octanol–water partition coefficient (Wildman–Crippen LogP) is 3.06. The summed E-state index contributed by atoms with van der Waals surface area (Å²) >= 11 is 0. The monoisotopic (exact) mass is 513 g/mol. The van der Waals surface area contributed by atoms with Crippen LogP contribution in [0.15, 0.2) is 29.3 Å². The lowest BCUT2D eigenvalue weighted by molar-refractivity contribution is -0.132. The van der Waals surface area contributed by atoms with Crippen molar-refractivity contribution in [1.82, 2.24) is 20.4 Å². The lowest BCUT2D eigenvalue weighted by Gasteiger charge is -2.32. The van der Waals surface area contributed by atoms with Crippen molar-refractivity contribution in [3.8, 4) is 0 Å². The van der Waals surface area contributed by atoms with Gasteiger partial charge in [0.2, 0.25) is 0 Å². The van der Waals surface area contributed by atoms with Gasteiger partial charge in [0, 0.05) is 45.8 Å². The number of aliphatic imine (C=N–C) groups is 1. The number of nitrogens with zero attached hydrogens (tertiary/aromatic N) is 3. The quantitative estimate of drug-likeness (QED) is 0.334. The van der Waals surface area contributed by atoms with Crippen molar-refractivity contribution in [2.75, 3.05) is 46.3 Å². The summed E-state index contributed by atoms with van der Waals surface area (Å²) in [6, 6.07) is 8.28. The molecule has 160 valence electrons. The van der Waals surface area contributed by atoms with Gasteiger partial charge in [-0.15, -0.1) is 24.0 Å². The molecule has 1 aliphatic heterocycles. The van der Waals surface area contributed by atoms with Crippen molar-refractivity contribution >= 4 is 29.9 Å². The molecule has 0 aliphatic carbocycles. The summed E-state index contributed by atoms with van der Waals surface area (Å²) in [5.41, 5.74) is 2.30. The van der Waals surface area contributed by atoms with Gasteiger partial charge in [-0.3, -0.25) is 4.90 Å². The van der Waals surface area contributed by atoms with E-state index in [-0.39, 0.29) is 30.5 Å². The lowest BCUT2D eigenvalue weighted by atomic mass is 10.1. The van der Waals surface area contributed by atoms with Crippen LogP contribution < -0.4 is 10.6 Å². The molecule has 1 aliphatic rings. The summed E-state index contributed by atoms with van der Waals surface area (Å²) < 4.78 is 36.8. The third-order valence-electron chi connectivity index (χ3n) is 4.49. The first kappa shape index (κ1) is 25.0. The highest BCUT2D eigenvalue weighted by Gasteiger charge is 2.26. The molecule has 1 saturated heterocycles. The molecule has 0 atom stereocenters. The highest BCUT2D eigenvalue weighted by atomic mass is 127. The second-order valence-corrected chi connectivity index (χ2v) is 6.88. The molecule has 1 aromatic carbocycles. The van der Waals surface area contributed by atoms with Crippen LogP contribution in [-0.2, 0) is 13.1 Å². The summed E-state index contributed by atoms with van der Waals surface area (Å²) in [6.07, 6.45) is -5.04. The largest absolute Gasteiger partial charge is 0.390 e. The summed E-state index contributed by atoms with van der Waals surface area (Å²) in [6.45, 7) is 8.03. The Labute approximate surface area is 182 Å². The van der Waals surface area contributed by atoms with E-state index >= 15 is 0 Å². The fourth-order valence-electron chi connectivity index (χ4n) is 2.85. The Kier molecular flexibility index (Phi) is 11.1. The Bertz CT molecular complexity index is 584. The smallest absolute Gasteiger partial charge is 0.357 e. The third kappa shape index (κ3) is 9.92. The van der Waals surface area contributed by atoms with Gasteiger partial charge in [0.05, 0.1) is 13.0 Å². The van der Waals surface area contributed by atoms with Gasteiger partial charge >= 0.3 is 6.18 Å². The molecule has 1 fully saturated rings. The zero-order chi connectivity index (χ0) is 19.7. The van der Waals surface area contributed by atoms with E-state index in [1.807, 2.05) is 19.1 Å². The van der Waals surface area contributed by atoms with Crippen LogP contribution >= 0.6 is 24.0 Å². The van der Waals surface area contributed by atoms with E-state index in [9.17, 15) is 13.2 Å². The number of hydrogen-bond donors (Lipinski definition) is 2. The minimum Gasteiger partial charge on any atom is -0.357 e. The summed E-state index contributed by atoms with van der Waals surface area (Å²) in [5.74, 6) is 0.406. The summed E-state index contributed by atoms with van der Waals surface area (Å²) in [5, 5.41) is 5.69. The average Bonchev–Trinajstić information content (AvgIpc) is 2.62. The first-order chi connectivity index (χ1) is 12.9. The van der Waals surface area contributed by atoms with E-state index in [1.54, 1.807) is 0 Å². The SMILES string of the molecule is CCNC(=NCc1ccc(CN2CCN(C)CC2)cc1)NCCC(F)(F)F.I. The number of nitrogens with one attached hydrogen (secondary N) is 2. The van der Waals surface area contributed by atoms with Crippen molar-refractivity contribution in [3.05, 3.63) is 35.4 Å². The van der Waals surface area contributed by atoms with Gasteiger partial charge < -0.3 is 15.5 Å². The molecule has 0 spiro atoms. The Morgan fingerprint density at radius 2 is 1.64 bits per heavy atom. The second-order valence-electron chi connectivity index (χ2n) is 6.88. The zero-order valence-electron chi connectivity index (χ0n) is 16.6. The number of piperazine rings is 1. The Morgan fingerprint density at radius 3 is 2.21 bits per heavy atom. The molecular weight excluding hydrogens is 482 g/mol. The maximum absolute atomic E-state index is 12.3. The minimum absolute atomic E-state index is 0. The molecule has 0 amide bonds. The molecule has 2 rings (SSSR count). The maximum atomic E-state index is 12.3. The van der Waals surface area contributed by atoms with Gasteiger partial charge in [0.15, 0.2) is 5.96 Å². The number of likely N-dealkylation sites (N-methyl/N-ethyl adjacent to an activating group) is 1. The number of benzene rings is 1. The van der Waals surface area contributed by atoms with Crippen LogP contribution in [0.5, 0.6) is 0 Å². The highest BCUT2D eigenvalue weighted by molar-refractivity contribution is 14.0. The molecule has 9 heteroatoms. The minimum atomic E-state index is -4.16. The summed E-state index contributed by atoms with van der Waals surface area (Å²) in [4.78, 5) is 9.15. The van der Waals surface area contributed by atoms with Crippen LogP contribution in [0, 0.1) is 0 Å².